The number of benzene rings is 1. The van der Waals surface area contributed by atoms with Gasteiger partial charge in [0.15, 0.2) is 0 Å². The molecular weight excluding hydrogens is 232 g/mol. The van der Waals surface area contributed by atoms with Crippen LogP contribution in [0.25, 0.3) is 0 Å². The highest BCUT2D eigenvalue weighted by atomic mass is 35.5. The number of urea groups is 1. The molecule has 3 N–H and O–H groups in total. The lowest BCUT2D eigenvalue weighted by molar-refractivity contribution is -0.135. The van der Waals surface area contributed by atoms with E-state index in [0.717, 1.165) is 5.56 Å². The monoisotopic (exact) mass is 242 g/mol. The van der Waals surface area contributed by atoms with Gasteiger partial charge >= 0.3 is 12.0 Å². The molecule has 0 saturated carbocycles. The Balaban J connectivity index is 2.59. The molecule has 5 nitrogen and oxygen atoms in total. The molecule has 86 valence electrons. The number of aliphatic carboxylic acids is 1. The van der Waals surface area contributed by atoms with Gasteiger partial charge in [0.1, 0.15) is 6.54 Å². The second-order valence-corrected chi connectivity index (χ2v) is 3.59. The first kappa shape index (κ1) is 12.3. The second kappa shape index (κ2) is 5.37. The van der Waals surface area contributed by atoms with Crippen LogP contribution in [0.1, 0.15) is 5.56 Å². The van der Waals surface area contributed by atoms with Crippen molar-refractivity contribution >= 4 is 29.3 Å². The highest BCUT2D eigenvalue weighted by Crippen LogP contribution is 2.22. The number of aryl methyl sites for hydroxylation is 1. The van der Waals surface area contributed by atoms with Gasteiger partial charge in [-0.3, -0.25) is 4.79 Å². The number of anilines is 1. The van der Waals surface area contributed by atoms with Crippen molar-refractivity contribution in [1.82, 2.24) is 5.32 Å². The van der Waals surface area contributed by atoms with Crippen molar-refractivity contribution in [3.8, 4) is 0 Å². The van der Waals surface area contributed by atoms with Gasteiger partial charge in [-0.15, -0.1) is 0 Å². The number of halogens is 1. The fourth-order valence-corrected chi connectivity index (χ4v) is 1.33. The van der Waals surface area contributed by atoms with E-state index in [1.54, 1.807) is 18.2 Å². The maximum Gasteiger partial charge on any atom is 0.323 e. The summed E-state index contributed by atoms with van der Waals surface area (Å²) in [5.41, 5.74) is 1.41. The Kier molecular flexibility index (Phi) is 4.13. The van der Waals surface area contributed by atoms with E-state index < -0.39 is 18.5 Å². The van der Waals surface area contributed by atoms with Crippen molar-refractivity contribution in [2.45, 2.75) is 6.92 Å². The molecule has 0 bridgehead atoms. The molecule has 1 aromatic rings. The molecule has 0 saturated heterocycles. The molecule has 6 heteroatoms. The predicted octanol–water partition coefficient (Wildman–Crippen LogP) is 1.85. The number of carboxylic acid groups (broad SMARTS) is 1. The Morgan fingerprint density at radius 2 is 2.12 bits per heavy atom. The fourth-order valence-electron chi connectivity index (χ4n) is 1.04. The Morgan fingerprint density at radius 3 is 2.69 bits per heavy atom. The van der Waals surface area contributed by atoms with Gasteiger partial charge < -0.3 is 15.7 Å². The first-order chi connectivity index (χ1) is 7.49. The first-order valence-corrected chi connectivity index (χ1v) is 4.89. The minimum atomic E-state index is -1.11. The van der Waals surface area contributed by atoms with Crippen molar-refractivity contribution in [1.29, 1.82) is 0 Å². The molecule has 0 aliphatic rings. The fraction of sp³-hybridized carbons (Fsp3) is 0.200. The van der Waals surface area contributed by atoms with Gasteiger partial charge in [0.2, 0.25) is 0 Å². The first-order valence-electron chi connectivity index (χ1n) is 4.52. The minimum Gasteiger partial charge on any atom is -0.480 e. The SMILES string of the molecule is Cc1ccc(NC(=O)NCC(=O)O)c(Cl)c1. The predicted molar refractivity (Wildman–Crippen MR) is 60.8 cm³/mol. The van der Waals surface area contributed by atoms with Gasteiger partial charge in [0.05, 0.1) is 10.7 Å². The molecule has 0 unspecified atom stereocenters. The number of rotatable bonds is 3. The lowest BCUT2D eigenvalue weighted by atomic mass is 10.2. The highest BCUT2D eigenvalue weighted by molar-refractivity contribution is 6.33. The molecule has 16 heavy (non-hydrogen) atoms. The number of amides is 2. The van der Waals surface area contributed by atoms with Crippen LogP contribution in [-0.2, 0) is 4.79 Å². The van der Waals surface area contributed by atoms with E-state index >= 15 is 0 Å². The summed E-state index contributed by atoms with van der Waals surface area (Å²) in [6.07, 6.45) is 0. The van der Waals surface area contributed by atoms with Crippen LogP contribution in [0.2, 0.25) is 5.02 Å². The Morgan fingerprint density at radius 1 is 1.44 bits per heavy atom. The standard InChI is InChI=1S/C10H11ClN2O3/c1-6-2-3-8(7(11)4-6)13-10(16)12-5-9(14)15/h2-4H,5H2,1H3,(H,14,15)(H2,12,13,16). The zero-order chi connectivity index (χ0) is 12.1. The lowest BCUT2D eigenvalue weighted by Gasteiger charge is -2.08. The Labute approximate surface area is 97.4 Å². The number of hydrogen-bond donors (Lipinski definition) is 3. The topological polar surface area (TPSA) is 78.4 Å². The molecule has 0 aliphatic carbocycles. The summed E-state index contributed by atoms with van der Waals surface area (Å²) in [5.74, 6) is -1.11. The third-order valence-corrected chi connectivity index (χ3v) is 2.09. The summed E-state index contributed by atoms with van der Waals surface area (Å²) >= 11 is 5.88. The highest BCUT2D eigenvalue weighted by Gasteiger charge is 2.06. The summed E-state index contributed by atoms with van der Waals surface area (Å²) < 4.78 is 0. The summed E-state index contributed by atoms with van der Waals surface area (Å²) in [6.45, 7) is 1.44. The van der Waals surface area contributed by atoms with Crippen molar-refractivity contribution in [2.75, 3.05) is 11.9 Å². The number of nitrogens with one attached hydrogen (secondary N) is 2. The normalized spacial score (nSPS) is 9.62. The van der Waals surface area contributed by atoms with E-state index in [2.05, 4.69) is 10.6 Å². The molecule has 0 spiro atoms. The maximum absolute atomic E-state index is 11.2. The molecule has 0 atom stereocenters. The summed E-state index contributed by atoms with van der Waals surface area (Å²) in [7, 11) is 0. The van der Waals surface area contributed by atoms with E-state index in [0.29, 0.717) is 10.7 Å². The minimum absolute atomic E-state index is 0.408. The average molecular weight is 243 g/mol. The Hall–Kier alpha value is -1.75. The molecule has 0 aliphatic heterocycles. The number of carbonyl (C=O) groups is 2. The quantitative estimate of drug-likeness (QED) is 0.757. The van der Waals surface area contributed by atoms with Crippen LogP contribution in [0, 0.1) is 6.92 Å². The van der Waals surface area contributed by atoms with Gasteiger partial charge in [-0.05, 0) is 24.6 Å². The summed E-state index contributed by atoms with van der Waals surface area (Å²) in [6, 6.07) is 4.54. The second-order valence-electron chi connectivity index (χ2n) is 3.18. The van der Waals surface area contributed by atoms with Crippen LogP contribution in [-0.4, -0.2) is 23.7 Å². The van der Waals surface area contributed by atoms with E-state index in [1.807, 2.05) is 6.92 Å². The number of carboxylic acids is 1. The number of carbonyl (C=O) groups excluding carboxylic acids is 1. The maximum atomic E-state index is 11.2. The molecule has 1 aromatic carbocycles. The molecule has 1 rings (SSSR count). The smallest absolute Gasteiger partial charge is 0.323 e. The third kappa shape index (κ3) is 3.78. The van der Waals surface area contributed by atoms with Gasteiger partial charge in [-0.2, -0.15) is 0 Å². The zero-order valence-corrected chi connectivity index (χ0v) is 9.34. The van der Waals surface area contributed by atoms with Crippen LogP contribution < -0.4 is 10.6 Å². The van der Waals surface area contributed by atoms with Crippen molar-refractivity contribution < 1.29 is 14.7 Å². The molecule has 0 heterocycles. The van der Waals surface area contributed by atoms with Gasteiger partial charge in [-0.1, -0.05) is 17.7 Å². The van der Waals surface area contributed by atoms with Crippen LogP contribution in [0.5, 0.6) is 0 Å². The number of hydrogen-bond acceptors (Lipinski definition) is 2. The van der Waals surface area contributed by atoms with Crippen molar-refractivity contribution in [3.05, 3.63) is 28.8 Å². The zero-order valence-electron chi connectivity index (χ0n) is 8.58. The van der Waals surface area contributed by atoms with Crippen molar-refractivity contribution in [3.63, 3.8) is 0 Å². The summed E-state index contributed by atoms with van der Waals surface area (Å²) in [4.78, 5) is 21.4. The summed E-state index contributed by atoms with van der Waals surface area (Å²) in [5, 5.41) is 13.4. The van der Waals surface area contributed by atoms with Gasteiger partial charge in [0, 0.05) is 0 Å². The van der Waals surface area contributed by atoms with E-state index in [-0.39, 0.29) is 0 Å². The molecule has 0 fully saturated rings. The van der Waals surface area contributed by atoms with Gasteiger partial charge in [-0.25, -0.2) is 4.79 Å². The van der Waals surface area contributed by atoms with E-state index in [9.17, 15) is 9.59 Å². The Bertz CT molecular complexity index is 421. The average Bonchev–Trinajstić information content (AvgIpc) is 2.19. The molecule has 0 radical (unpaired) electrons. The lowest BCUT2D eigenvalue weighted by Crippen LogP contribution is -2.33. The molecule has 2 amide bonds. The third-order valence-electron chi connectivity index (χ3n) is 1.77. The largest absolute Gasteiger partial charge is 0.480 e. The van der Waals surface area contributed by atoms with Crippen LogP contribution in [0.3, 0.4) is 0 Å². The molecular formula is C10H11ClN2O3. The van der Waals surface area contributed by atoms with Crippen molar-refractivity contribution in [2.24, 2.45) is 0 Å². The molecule has 0 aromatic heterocycles. The van der Waals surface area contributed by atoms with E-state index in [4.69, 9.17) is 16.7 Å². The van der Waals surface area contributed by atoms with E-state index in [1.165, 1.54) is 0 Å². The van der Waals surface area contributed by atoms with Crippen LogP contribution in [0.15, 0.2) is 18.2 Å². The van der Waals surface area contributed by atoms with Gasteiger partial charge in [0.25, 0.3) is 0 Å². The van der Waals surface area contributed by atoms with Crippen LogP contribution >= 0.6 is 11.6 Å². The van der Waals surface area contributed by atoms with Crippen LogP contribution in [0.4, 0.5) is 10.5 Å².